The van der Waals surface area contributed by atoms with Crippen LogP contribution in [0.15, 0.2) is 58.0 Å². The number of nitrogens with zero attached hydrogens (tertiary/aromatic N) is 4. The number of hydrogen-bond donors (Lipinski definition) is 2. The van der Waals surface area contributed by atoms with E-state index in [2.05, 4.69) is 54.9 Å². The van der Waals surface area contributed by atoms with Gasteiger partial charge in [0, 0.05) is 44.7 Å². The average Bonchev–Trinajstić information content (AvgIpc) is 3.53. The summed E-state index contributed by atoms with van der Waals surface area (Å²) in [7, 11) is 3.53. The molecule has 1 aromatic heterocycles. The standard InChI is InChI=1S/C25H32N6O2.HI/c1-4-23-29-24(33-30-23)19-11-9-18(10-12-19)13-15-27-25(26-2)28-20-14-16-31(17-20)21-7-5-6-8-22(21)32-3;/h5-12,20H,4,13-17H2,1-3H3,(H2,26,27,28);1H. The molecule has 1 fully saturated rings. The summed E-state index contributed by atoms with van der Waals surface area (Å²) in [5, 5.41) is 10.9. The van der Waals surface area contributed by atoms with Gasteiger partial charge in [0.2, 0.25) is 0 Å². The number of nitrogens with one attached hydrogen (secondary N) is 2. The van der Waals surface area contributed by atoms with Gasteiger partial charge in [-0.15, -0.1) is 24.0 Å². The van der Waals surface area contributed by atoms with Crippen LogP contribution in [0.3, 0.4) is 0 Å². The first-order chi connectivity index (χ1) is 16.2. The first-order valence-corrected chi connectivity index (χ1v) is 11.5. The number of anilines is 1. The molecular formula is C25H33IN6O2. The van der Waals surface area contributed by atoms with Crippen molar-refractivity contribution in [3.63, 3.8) is 0 Å². The summed E-state index contributed by atoms with van der Waals surface area (Å²) in [4.78, 5) is 11.1. The number of ether oxygens (including phenoxy) is 1. The smallest absolute Gasteiger partial charge is 0.257 e. The van der Waals surface area contributed by atoms with Crippen LogP contribution in [0, 0.1) is 0 Å². The molecular weight excluding hydrogens is 543 g/mol. The van der Waals surface area contributed by atoms with Gasteiger partial charge in [0.05, 0.1) is 12.8 Å². The summed E-state index contributed by atoms with van der Waals surface area (Å²) in [6.45, 7) is 4.71. The summed E-state index contributed by atoms with van der Waals surface area (Å²) < 4.78 is 10.8. The first-order valence-electron chi connectivity index (χ1n) is 11.5. The molecule has 0 spiro atoms. The summed E-state index contributed by atoms with van der Waals surface area (Å²) >= 11 is 0. The van der Waals surface area contributed by atoms with E-state index in [4.69, 9.17) is 9.26 Å². The fraction of sp³-hybridized carbons (Fsp3) is 0.400. The zero-order valence-corrected chi connectivity index (χ0v) is 22.3. The number of rotatable bonds is 8. The molecule has 0 bridgehead atoms. The third-order valence-electron chi connectivity index (χ3n) is 5.87. The van der Waals surface area contributed by atoms with Crippen LogP contribution in [0.4, 0.5) is 5.69 Å². The van der Waals surface area contributed by atoms with E-state index in [9.17, 15) is 0 Å². The molecule has 0 aliphatic carbocycles. The van der Waals surface area contributed by atoms with Crippen molar-refractivity contribution >= 4 is 35.6 Å². The van der Waals surface area contributed by atoms with Crippen LogP contribution in [0.5, 0.6) is 5.75 Å². The normalized spacial score (nSPS) is 15.7. The van der Waals surface area contributed by atoms with Gasteiger partial charge in [-0.25, -0.2) is 0 Å². The SMILES string of the molecule is CCc1noc(-c2ccc(CCNC(=NC)NC3CCN(c4ccccc4OC)C3)cc2)n1.I. The Morgan fingerprint density at radius 3 is 2.71 bits per heavy atom. The van der Waals surface area contributed by atoms with Crippen LogP contribution in [-0.4, -0.2) is 55.9 Å². The van der Waals surface area contributed by atoms with Crippen molar-refractivity contribution < 1.29 is 9.26 Å². The molecule has 2 aromatic carbocycles. The largest absolute Gasteiger partial charge is 0.495 e. The Kier molecular flexibility index (Phi) is 9.55. The Morgan fingerprint density at radius 1 is 1.21 bits per heavy atom. The predicted molar refractivity (Wildman–Crippen MR) is 146 cm³/mol. The maximum atomic E-state index is 5.52. The number of aromatic nitrogens is 2. The lowest BCUT2D eigenvalue weighted by Crippen LogP contribution is -2.45. The molecule has 1 aliphatic rings. The molecule has 8 nitrogen and oxygen atoms in total. The number of guanidine groups is 1. The molecule has 1 saturated heterocycles. The van der Waals surface area contributed by atoms with Gasteiger partial charge in [0.15, 0.2) is 11.8 Å². The van der Waals surface area contributed by atoms with Crippen molar-refractivity contribution in [3.05, 3.63) is 59.9 Å². The minimum atomic E-state index is 0. The quantitative estimate of drug-likeness (QED) is 0.239. The second kappa shape index (κ2) is 12.6. The van der Waals surface area contributed by atoms with Crippen LogP contribution in [0.2, 0.25) is 0 Å². The van der Waals surface area contributed by atoms with Crippen molar-refractivity contribution in [2.45, 2.75) is 32.2 Å². The van der Waals surface area contributed by atoms with Crippen molar-refractivity contribution in [1.82, 2.24) is 20.8 Å². The third-order valence-corrected chi connectivity index (χ3v) is 5.87. The second-order valence-corrected chi connectivity index (χ2v) is 8.06. The Hall–Kier alpha value is -2.82. The van der Waals surface area contributed by atoms with Crippen molar-refractivity contribution in [3.8, 4) is 17.2 Å². The Balaban J connectivity index is 0.00000324. The van der Waals surface area contributed by atoms with Crippen LogP contribution >= 0.6 is 24.0 Å². The number of hydrogen-bond acceptors (Lipinski definition) is 6. The molecule has 1 atom stereocenters. The first kappa shape index (κ1) is 25.8. The predicted octanol–water partition coefficient (Wildman–Crippen LogP) is 3.91. The average molecular weight is 576 g/mol. The lowest BCUT2D eigenvalue weighted by Gasteiger charge is -2.22. The Bertz CT molecular complexity index is 1070. The van der Waals surface area contributed by atoms with E-state index < -0.39 is 0 Å². The van der Waals surface area contributed by atoms with E-state index >= 15 is 0 Å². The summed E-state index contributed by atoms with van der Waals surface area (Å²) in [6, 6.07) is 16.8. The fourth-order valence-electron chi connectivity index (χ4n) is 4.03. The molecule has 0 saturated carbocycles. The summed E-state index contributed by atoms with van der Waals surface area (Å²) in [5.41, 5.74) is 3.32. The highest BCUT2D eigenvalue weighted by molar-refractivity contribution is 14.0. The lowest BCUT2D eigenvalue weighted by molar-refractivity contribution is 0.415. The van der Waals surface area contributed by atoms with Crippen LogP contribution < -0.4 is 20.3 Å². The molecule has 0 amide bonds. The second-order valence-electron chi connectivity index (χ2n) is 8.06. The number of halogens is 1. The van der Waals surface area contributed by atoms with E-state index in [1.807, 2.05) is 38.2 Å². The van der Waals surface area contributed by atoms with Gasteiger partial charge in [-0.2, -0.15) is 4.98 Å². The van der Waals surface area contributed by atoms with Crippen LogP contribution in [0.1, 0.15) is 24.7 Å². The molecule has 182 valence electrons. The zero-order valence-electron chi connectivity index (χ0n) is 20.0. The molecule has 34 heavy (non-hydrogen) atoms. The fourth-order valence-corrected chi connectivity index (χ4v) is 4.03. The van der Waals surface area contributed by atoms with E-state index in [-0.39, 0.29) is 24.0 Å². The molecule has 3 aromatic rings. The number of benzene rings is 2. The summed E-state index contributed by atoms with van der Waals surface area (Å²) in [6.07, 6.45) is 2.71. The minimum absolute atomic E-state index is 0. The van der Waals surface area contributed by atoms with Gasteiger partial charge >= 0.3 is 0 Å². The van der Waals surface area contributed by atoms with Gasteiger partial charge < -0.3 is 24.8 Å². The molecule has 1 aliphatic heterocycles. The topological polar surface area (TPSA) is 87.8 Å². The third kappa shape index (κ3) is 6.40. The minimum Gasteiger partial charge on any atom is -0.495 e. The van der Waals surface area contributed by atoms with Crippen LogP contribution in [0.25, 0.3) is 11.5 Å². The van der Waals surface area contributed by atoms with Gasteiger partial charge in [-0.05, 0) is 42.7 Å². The number of methoxy groups -OCH3 is 1. The van der Waals surface area contributed by atoms with E-state index in [0.717, 1.165) is 67.7 Å². The number of aryl methyl sites for hydroxylation is 1. The monoisotopic (exact) mass is 576 g/mol. The van der Waals surface area contributed by atoms with Gasteiger partial charge in [-0.1, -0.05) is 36.3 Å². The van der Waals surface area contributed by atoms with Crippen molar-refractivity contribution in [1.29, 1.82) is 0 Å². The highest BCUT2D eigenvalue weighted by Crippen LogP contribution is 2.30. The molecule has 9 heteroatoms. The number of aliphatic imine (C=N–C) groups is 1. The Morgan fingerprint density at radius 2 is 2.00 bits per heavy atom. The Labute approximate surface area is 218 Å². The molecule has 4 rings (SSSR count). The lowest BCUT2D eigenvalue weighted by atomic mass is 10.1. The van der Waals surface area contributed by atoms with Gasteiger partial charge in [0.1, 0.15) is 5.75 Å². The van der Waals surface area contributed by atoms with Gasteiger partial charge in [0.25, 0.3) is 5.89 Å². The van der Waals surface area contributed by atoms with Gasteiger partial charge in [-0.3, -0.25) is 4.99 Å². The van der Waals surface area contributed by atoms with E-state index in [1.165, 1.54) is 5.56 Å². The summed E-state index contributed by atoms with van der Waals surface area (Å²) in [5.74, 6) is 3.04. The van der Waals surface area contributed by atoms with Crippen molar-refractivity contribution in [2.75, 3.05) is 38.7 Å². The molecule has 1 unspecified atom stereocenters. The van der Waals surface area contributed by atoms with E-state index in [0.29, 0.717) is 11.9 Å². The maximum Gasteiger partial charge on any atom is 0.257 e. The van der Waals surface area contributed by atoms with Crippen LogP contribution in [-0.2, 0) is 12.8 Å². The molecule has 0 radical (unpaired) electrons. The van der Waals surface area contributed by atoms with E-state index in [1.54, 1.807) is 7.11 Å². The highest BCUT2D eigenvalue weighted by Gasteiger charge is 2.25. The molecule has 2 heterocycles. The van der Waals surface area contributed by atoms with Crippen molar-refractivity contribution in [2.24, 2.45) is 4.99 Å². The highest BCUT2D eigenvalue weighted by atomic mass is 127. The molecule has 2 N–H and O–H groups in total. The zero-order chi connectivity index (χ0) is 23.0. The number of para-hydroxylation sites is 2. The maximum absolute atomic E-state index is 5.52.